The third-order valence-corrected chi connectivity index (χ3v) is 8.81. The molecule has 8 heteroatoms. The van der Waals surface area contributed by atoms with Crippen LogP contribution in [0.5, 0.6) is 0 Å². The van der Waals surface area contributed by atoms with Crippen molar-refractivity contribution in [3.05, 3.63) is 59.0 Å². The summed E-state index contributed by atoms with van der Waals surface area (Å²) in [6, 6.07) is 15.7. The second kappa shape index (κ2) is 8.22. The summed E-state index contributed by atoms with van der Waals surface area (Å²) in [5.74, 6) is 0.781. The highest BCUT2D eigenvalue weighted by molar-refractivity contribution is 7.91. The van der Waals surface area contributed by atoms with E-state index in [1.807, 2.05) is 43.3 Å². The maximum atomic E-state index is 12.9. The van der Waals surface area contributed by atoms with Crippen molar-refractivity contribution in [1.29, 1.82) is 0 Å². The number of aryl methyl sites for hydroxylation is 2. The number of aromatic nitrogens is 2. The van der Waals surface area contributed by atoms with Crippen LogP contribution in [0.15, 0.2) is 52.7 Å². The quantitative estimate of drug-likeness (QED) is 0.621. The molecule has 3 heterocycles. The van der Waals surface area contributed by atoms with E-state index in [4.69, 9.17) is 0 Å². The topological polar surface area (TPSA) is 66.4 Å². The molecule has 3 aromatic rings. The zero-order chi connectivity index (χ0) is 20.4. The first-order valence-corrected chi connectivity index (χ1v) is 12.0. The molecular formula is C21H24N4O2S2. The highest BCUT2D eigenvalue weighted by Gasteiger charge is 2.30. The Labute approximate surface area is 175 Å². The van der Waals surface area contributed by atoms with E-state index in [0.717, 1.165) is 33.9 Å². The molecule has 6 nitrogen and oxygen atoms in total. The van der Waals surface area contributed by atoms with Crippen LogP contribution in [-0.4, -0.2) is 49.1 Å². The summed E-state index contributed by atoms with van der Waals surface area (Å²) in [4.78, 5) is 3.18. The molecule has 1 aliphatic heterocycles. The van der Waals surface area contributed by atoms with E-state index >= 15 is 0 Å². The van der Waals surface area contributed by atoms with Gasteiger partial charge in [0, 0.05) is 36.6 Å². The Balaban J connectivity index is 1.44. The number of nitrogens with zero attached hydrogens (tertiary/aromatic N) is 4. The number of hydrogen-bond donors (Lipinski definition) is 0. The number of sulfonamides is 1. The van der Waals surface area contributed by atoms with Gasteiger partial charge in [-0.05, 0) is 43.2 Å². The minimum atomic E-state index is -3.42. The second-order valence-electron chi connectivity index (χ2n) is 7.06. The first-order valence-electron chi connectivity index (χ1n) is 9.72. The van der Waals surface area contributed by atoms with E-state index < -0.39 is 10.0 Å². The van der Waals surface area contributed by atoms with Crippen LogP contribution in [0.1, 0.15) is 17.4 Å². The second-order valence-corrected chi connectivity index (χ2v) is 10.4. The highest BCUT2D eigenvalue weighted by Crippen LogP contribution is 2.27. The average molecular weight is 429 g/mol. The van der Waals surface area contributed by atoms with Crippen molar-refractivity contribution in [2.45, 2.75) is 24.5 Å². The van der Waals surface area contributed by atoms with Crippen molar-refractivity contribution in [2.75, 3.05) is 31.1 Å². The van der Waals surface area contributed by atoms with Crippen LogP contribution in [0.25, 0.3) is 11.3 Å². The number of anilines is 1. The van der Waals surface area contributed by atoms with Crippen molar-refractivity contribution in [3.8, 4) is 11.3 Å². The van der Waals surface area contributed by atoms with Crippen molar-refractivity contribution >= 4 is 27.2 Å². The van der Waals surface area contributed by atoms with Crippen LogP contribution in [0.3, 0.4) is 0 Å². The molecule has 0 spiro atoms. The van der Waals surface area contributed by atoms with Gasteiger partial charge in [0.05, 0.1) is 5.69 Å². The van der Waals surface area contributed by atoms with Gasteiger partial charge in [-0.25, -0.2) is 8.42 Å². The molecule has 0 N–H and O–H groups in total. The van der Waals surface area contributed by atoms with Crippen LogP contribution in [0.2, 0.25) is 0 Å². The lowest BCUT2D eigenvalue weighted by molar-refractivity contribution is 0.384. The van der Waals surface area contributed by atoms with Gasteiger partial charge in [-0.2, -0.15) is 4.31 Å². The summed E-state index contributed by atoms with van der Waals surface area (Å²) in [5.41, 5.74) is 3.08. The van der Waals surface area contributed by atoms with Gasteiger partial charge in [-0.15, -0.1) is 21.5 Å². The van der Waals surface area contributed by atoms with Crippen LogP contribution in [0, 0.1) is 6.92 Å². The van der Waals surface area contributed by atoms with E-state index in [1.54, 1.807) is 10.4 Å². The van der Waals surface area contributed by atoms with Crippen molar-refractivity contribution in [2.24, 2.45) is 0 Å². The minimum Gasteiger partial charge on any atom is -0.352 e. The largest absolute Gasteiger partial charge is 0.352 e. The Morgan fingerprint density at radius 1 is 0.966 bits per heavy atom. The van der Waals surface area contributed by atoms with Gasteiger partial charge < -0.3 is 4.90 Å². The molecular weight excluding hydrogens is 404 g/mol. The molecule has 0 unspecified atom stereocenters. The smallest absolute Gasteiger partial charge is 0.252 e. The van der Waals surface area contributed by atoms with Crippen LogP contribution in [0.4, 0.5) is 5.82 Å². The summed E-state index contributed by atoms with van der Waals surface area (Å²) < 4.78 is 27.8. The first kappa shape index (κ1) is 20.0. The Morgan fingerprint density at radius 3 is 2.34 bits per heavy atom. The SMILES string of the molecule is CCc1ccc(S(=O)(=O)N2CCN(c3ccc(-c4ccccc4C)nn3)CC2)s1. The predicted octanol–water partition coefficient (Wildman–Crippen LogP) is 3.59. The third-order valence-electron chi connectivity index (χ3n) is 5.21. The Morgan fingerprint density at radius 2 is 1.72 bits per heavy atom. The lowest BCUT2D eigenvalue weighted by atomic mass is 10.1. The molecule has 0 aliphatic carbocycles. The van der Waals surface area contributed by atoms with E-state index in [2.05, 4.69) is 28.1 Å². The van der Waals surface area contributed by atoms with Crippen molar-refractivity contribution in [3.63, 3.8) is 0 Å². The van der Waals surface area contributed by atoms with E-state index in [-0.39, 0.29) is 0 Å². The molecule has 1 fully saturated rings. The number of piperazine rings is 1. The van der Waals surface area contributed by atoms with E-state index in [0.29, 0.717) is 30.4 Å². The fourth-order valence-corrected chi connectivity index (χ4v) is 6.34. The Hall–Kier alpha value is -2.29. The molecule has 29 heavy (non-hydrogen) atoms. The van der Waals surface area contributed by atoms with Crippen LogP contribution in [-0.2, 0) is 16.4 Å². The number of benzene rings is 1. The first-order chi connectivity index (χ1) is 14.0. The molecule has 1 saturated heterocycles. The lowest BCUT2D eigenvalue weighted by Crippen LogP contribution is -2.48. The summed E-state index contributed by atoms with van der Waals surface area (Å²) >= 11 is 1.37. The van der Waals surface area contributed by atoms with E-state index in [1.165, 1.54) is 11.3 Å². The lowest BCUT2D eigenvalue weighted by Gasteiger charge is -2.34. The summed E-state index contributed by atoms with van der Waals surface area (Å²) in [6.45, 7) is 6.19. The molecule has 1 aromatic carbocycles. The minimum absolute atomic E-state index is 0.435. The number of hydrogen-bond acceptors (Lipinski definition) is 6. The van der Waals surface area contributed by atoms with Gasteiger partial charge in [0.25, 0.3) is 10.0 Å². The molecule has 4 rings (SSSR count). The Kier molecular flexibility index (Phi) is 5.67. The summed E-state index contributed by atoms with van der Waals surface area (Å²) in [7, 11) is -3.42. The van der Waals surface area contributed by atoms with E-state index in [9.17, 15) is 8.42 Å². The zero-order valence-corrected chi connectivity index (χ0v) is 18.2. The molecule has 0 bridgehead atoms. The van der Waals surface area contributed by atoms with Gasteiger partial charge in [0.15, 0.2) is 5.82 Å². The molecule has 0 saturated carbocycles. The van der Waals surface area contributed by atoms with Gasteiger partial charge in [0.1, 0.15) is 4.21 Å². The zero-order valence-electron chi connectivity index (χ0n) is 16.6. The molecule has 0 radical (unpaired) electrons. The highest BCUT2D eigenvalue weighted by atomic mass is 32.2. The monoisotopic (exact) mass is 428 g/mol. The summed E-state index contributed by atoms with van der Waals surface area (Å²) in [5, 5.41) is 8.78. The predicted molar refractivity (Wildman–Crippen MR) is 117 cm³/mol. The molecule has 0 atom stereocenters. The van der Waals surface area contributed by atoms with Gasteiger partial charge >= 0.3 is 0 Å². The fraction of sp³-hybridized carbons (Fsp3) is 0.333. The van der Waals surface area contributed by atoms with Crippen LogP contribution >= 0.6 is 11.3 Å². The van der Waals surface area contributed by atoms with Gasteiger partial charge in [0.2, 0.25) is 0 Å². The number of rotatable bonds is 5. The summed E-state index contributed by atoms with van der Waals surface area (Å²) in [6.07, 6.45) is 0.852. The Bertz CT molecular complexity index is 1090. The fourth-order valence-electron chi connectivity index (χ4n) is 3.47. The maximum Gasteiger partial charge on any atom is 0.252 e. The number of thiophene rings is 1. The van der Waals surface area contributed by atoms with Gasteiger partial charge in [-0.1, -0.05) is 31.2 Å². The van der Waals surface area contributed by atoms with Crippen molar-refractivity contribution < 1.29 is 8.42 Å². The molecule has 2 aromatic heterocycles. The average Bonchev–Trinajstić information content (AvgIpc) is 3.25. The molecule has 1 aliphatic rings. The third kappa shape index (κ3) is 4.05. The normalized spacial score (nSPS) is 15.6. The molecule has 0 amide bonds. The van der Waals surface area contributed by atoms with Crippen molar-refractivity contribution in [1.82, 2.24) is 14.5 Å². The molecule has 152 valence electrons. The standard InChI is InChI=1S/C21H24N4O2S2/c1-3-17-8-11-21(28-17)29(26,27)25-14-12-24(13-15-25)20-10-9-19(22-23-20)18-7-5-4-6-16(18)2/h4-11H,3,12-15H2,1-2H3. The van der Waals surface area contributed by atoms with Gasteiger partial charge in [-0.3, -0.25) is 0 Å². The maximum absolute atomic E-state index is 12.9. The van der Waals surface area contributed by atoms with Crippen LogP contribution < -0.4 is 4.90 Å².